The number of aromatic nitrogens is 1. The number of pyridine rings is 1. The molecule has 0 amide bonds. The highest BCUT2D eigenvalue weighted by Gasteiger charge is 2.25. The van der Waals surface area contributed by atoms with Gasteiger partial charge in [-0.05, 0) is 41.8 Å². The quantitative estimate of drug-likeness (QED) is 0.431. The van der Waals surface area contributed by atoms with Gasteiger partial charge in [-0.25, -0.2) is 4.98 Å². The summed E-state index contributed by atoms with van der Waals surface area (Å²) in [5.41, 5.74) is 2.50. The molecule has 0 N–H and O–H groups in total. The molecule has 27 heavy (non-hydrogen) atoms. The highest BCUT2D eigenvalue weighted by atomic mass is 35.5. The maximum atomic E-state index is 11.8. The average molecular weight is 385 g/mol. The molecular weight excluding hydrogens is 368 g/mol. The fourth-order valence-corrected chi connectivity index (χ4v) is 3.00. The second kappa shape index (κ2) is 8.05. The Kier molecular flexibility index (Phi) is 5.57. The lowest BCUT2D eigenvalue weighted by molar-refractivity contribution is -0.385. The molecule has 0 aliphatic heterocycles. The number of ether oxygens (including phenoxy) is 2. The van der Waals surface area contributed by atoms with Crippen molar-refractivity contribution in [2.24, 2.45) is 0 Å². The smallest absolute Gasteiger partial charge is 0.338 e. The monoisotopic (exact) mass is 384 g/mol. The summed E-state index contributed by atoms with van der Waals surface area (Å²) in [4.78, 5) is 15.4. The standard InChI is InChI=1S/C20H17ClN2O4/c1-13-10-18(26-2)17(21)11-16(13)15-8-9-22-20(19(15)23(24)25)27-12-14-6-4-3-5-7-14/h3-11H,12H2,1-2H3. The van der Waals surface area contributed by atoms with E-state index in [0.717, 1.165) is 11.1 Å². The lowest BCUT2D eigenvalue weighted by Crippen LogP contribution is -2.03. The molecule has 0 radical (unpaired) electrons. The van der Waals surface area contributed by atoms with Gasteiger partial charge in [0.15, 0.2) is 0 Å². The van der Waals surface area contributed by atoms with E-state index in [4.69, 9.17) is 21.1 Å². The number of nitrogens with zero attached hydrogens (tertiary/aromatic N) is 2. The summed E-state index contributed by atoms with van der Waals surface area (Å²) in [6, 6.07) is 14.4. The van der Waals surface area contributed by atoms with Gasteiger partial charge >= 0.3 is 5.69 Å². The van der Waals surface area contributed by atoms with Crippen molar-refractivity contribution in [3.63, 3.8) is 0 Å². The molecule has 1 heterocycles. The second-order valence-electron chi connectivity index (χ2n) is 5.85. The number of rotatable bonds is 6. The molecule has 0 spiro atoms. The number of hydrogen-bond acceptors (Lipinski definition) is 5. The number of benzene rings is 2. The maximum absolute atomic E-state index is 11.8. The molecule has 2 aromatic carbocycles. The highest BCUT2D eigenvalue weighted by Crippen LogP contribution is 2.40. The van der Waals surface area contributed by atoms with E-state index in [0.29, 0.717) is 21.9 Å². The van der Waals surface area contributed by atoms with Crippen molar-refractivity contribution in [3.8, 4) is 22.8 Å². The van der Waals surface area contributed by atoms with Gasteiger partial charge in [0.05, 0.1) is 22.6 Å². The van der Waals surface area contributed by atoms with E-state index in [1.54, 1.807) is 18.2 Å². The van der Waals surface area contributed by atoms with Crippen molar-refractivity contribution in [1.29, 1.82) is 0 Å². The SMILES string of the molecule is COc1cc(C)c(-c2ccnc(OCc3ccccc3)c2[N+](=O)[O-])cc1Cl. The first-order chi connectivity index (χ1) is 13.0. The molecule has 3 aromatic rings. The van der Waals surface area contributed by atoms with E-state index < -0.39 is 4.92 Å². The van der Waals surface area contributed by atoms with E-state index in [1.807, 2.05) is 37.3 Å². The highest BCUT2D eigenvalue weighted by molar-refractivity contribution is 6.32. The van der Waals surface area contributed by atoms with Crippen LogP contribution in [0.2, 0.25) is 5.02 Å². The lowest BCUT2D eigenvalue weighted by Gasteiger charge is -2.12. The molecule has 0 fully saturated rings. The molecule has 1 aromatic heterocycles. The third kappa shape index (κ3) is 4.01. The van der Waals surface area contributed by atoms with Gasteiger partial charge in [0.25, 0.3) is 5.88 Å². The summed E-state index contributed by atoms with van der Waals surface area (Å²) in [6.07, 6.45) is 1.49. The van der Waals surface area contributed by atoms with Crippen molar-refractivity contribution in [2.45, 2.75) is 13.5 Å². The molecule has 6 nitrogen and oxygen atoms in total. The number of halogens is 1. The number of aryl methyl sites for hydroxylation is 1. The van der Waals surface area contributed by atoms with Crippen LogP contribution in [-0.4, -0.2) is 17.0 Å². The fourth-order valence-electron chi connectivity index (χ4n) is 2.76. The Labute approximate surface area is 161 Å². The minimum absolute atomic E-state index is 0.0345. The predicted molar refractivity (Wildman–Crippen MR) is 103 cm³/mol. The van der Waals surface area contributed by atoms with Crippen LogP contribution < -0.4 is 9.47 Å². The Morgan fingerprint density at radius 1 is 1.15 bits per heavy atom. The Balaban J connectivity index is 2.04. The molecule has 0 saturated heterocycles. The van der Waals surface area contributed by atoms with Crippen molar-refractivity contribution < 1.29 is 14.4 Å². The normalized spacial score (nSPS) is 10.5. The van der Waals surface area contributed by atoms with Crippen LogP contribution in [0.4, 0.5) is 5.69 Å². The first-order valence-electron chi connectivity index (χ1n) is 8.16. The zero-order chi connectivity index (χ0) is 19.4. The van der Waals surface area contributed by atoms with E-state index in [1.165, 1.54) is 13.3 Å². The molecule has 3 rings (SSSR count). The van der Waals surface area contributed by atoms with Crippen LogP contribution in [0, 0.1) is 17.0 Å². The van der Waals surface area contributed by atoms with Crippen molar-refractivity contribution in [3.05, 3.63) is 81.0 Å². The topological polar surface area (TPSA) is 74.5 Å². The van der Waals surface area contributed by atoms with Crippen LogP contribution in [0.15, 0.2) is 54.7 Å². The summed E-state index contributed by atoms with van der Waals surface area (Å²) in [7, 11) is 1.52. The van der Waals surface area contributed by atoms with Crippen LogP contribution in [-0.2, 0) is 6.61 Å². The number of nitro groups is 1. The molecule has 0 saturated carbocycles. The van der Waals surface area contributed by atoms with Crippen molar-refractivity contribution in [2.75, 3.05) is 7.11 Å². The van der Waals surface area contributed by atoms with E-state index in [9.17, 15) is 10.1 Å². The molecule has 0 unspecified atom stereocenters. The third-order valence-corrected chi connectivity index (χ3v) is 4.38. The second-order valence-corrected chi connectivity index (χ2v) is 6.25. The summed E-state index contributed by atoms with van der Waals surface area (Å²) in [5.74, 6) is 0.475. The van der Waals surface area contributed by atoms with Crippen LogP contribution in [0.25, 0.3) is 11.1 Å². The zero-order valence-corrected chi connectivity index (χ0v) is 15.6. The Morgan fingerprint density at radius 2 is 1.89 bits per heavy atom. The minimum Gasteiger partial charge on any atom is -0.495 e. The molecule has 0 aliphatic carbocycles. The lowest BCUT2D eigenvalue weighted by atomic mass is 9.99. The molecule has 7 heteroatoms. The summed E-state index contributed by atoms with van der Waals surface area (Å²) < 4.78 is 10.9. The average Bonchev–Trinajstić information content (AvgIpc) is 2.68. The largest absolute Gasteiger partial charge is 0.495 e. The summed E-state index contributed by atoms with van der Waals surface area (Å²) in [6.45, 7) is 2.02. The van der Waals surface area contributed by atoms with Gasteiger partial charge in [-0.3, -0.25) is 10.1 Å². The molecule has 0 bridgehead atoms. The Hall–Kier alpha value is -3.12. The fraction of sp³-hybridized carbons (Fsp3) is 0.150. The van der Waals surface area contributed by atoms with Crippen LogP contribution in [0.5, 0.6) is 11.6 Å². The van der Waals surface area contributed by atoms with Crippen LogP contribution >= 0.6 is 11.6 Å². The van der Waals surface area contributed by atoms with Crippen LogP contribution in [0.3, 0.4) is 0 Å². The first-order valence-corrected chi connectivity index (χ1v) is 8.53. The zero-order valence-electron chi connectivity index (χ0n) is 14.8. The number of hydrogen-bond donors (Lipinski definition) is 0. The van der Waals surface area contributed by atoms with Crippen molar-refractivity contribution >= 4 is 17.3 Å². The van der Waals surface area contributed by atoms with Gasteiger partial charge in [0.1, 0.15) is 12.4 Å². The van der Waals surface area contributed by atoms with Gasteiger partial charge in [-0.1, -0.05) is 41.9 Å². The minimum atomic E-state index is -0.486. The Bertz CT molecular complexity index is 977. The van der Waals surface area contributed by atoms with Gasteiger partial charge in [0, 0.05) is 6.20 Å². The maximum Gasteiger partial charge on any atom is 0.338 e. The van der Waals surface area contributed by atoms with E-state index in [2.05, 4.69) is 4.98 Å². The molecule has 0 atom stereocenters. The van der Waals surface area contributed by atoms with E-state index in [-0.39, 0.29) is 18.2 Å². The summed E-state index contributed by atoms with van der Waals surface area (Å²) in [5, 5.41) is 12.1. The van der Waals surface area contributed by atoms with Gasteiger partial charge in [-0.15, -0.1) is 0 Å². The third-order valence-electron chi connectivity index (χ3n) is 4.08. The van der Waals surface area contributed by atoms with Gasteiger partial charge in [-0.2, -0.15) is 0 Å². The first kappa shape index (κ1) is 18.7. The van der Waals surface area contributed by atoms with E-state index >= 15 is 0 Å². The van der Waals surface area contributed by atoms with Crippen LogP contribution in [0.1, 0.15) is 11.1 Å². The van der Waals surface area contributed by atoms with Gasteiger partial charge < -0.3 is 9.47 Å². The molecular formula is C20H17ClN2O4. The predicted octanol–water partition coefficient (Wildman–Crippen LogP) is 5.21. The molecule has 0 aliphatic rings. The number of methoxy groups -OCH3 is 1. The van der Waals surface area contributed by atoms with Gasteiger partial charge in [0.2, 0.25) is 0 Å². The summed E-state index contributed by atoms with van der Waals surface area (Å²) >= 11 is 6.22. The molecule has 138 valence electrons. The van der Waals surface area contributed by atoms with Crippen molar-refractivity contribution in [1.82, 2.24) is 4.98 Å². The Morgan fingerprint density at radius 3 is 2.56 bits per heavy atom.